The van der Waals surface area contributed by atoms with Crippen molar-refractivity contribution in [2.75, 3.05) is 39.3 Å². The van der Waals surface area contributed by atoms with Crippen LogP contribution in [0.5, 0.6) is 0 Å². The molecule has 0 heterocycles. The normalized spacial score (nSPS) is 12.2. The van der Waals surface area contributed by atoms with Crippen LogP contribution in [0.3, 0.4) is 0 Å². The van der Waals surface area contributed by atoms with Crippen molar-refractivity contribution in [2.24, 2.45) is 0 Å². The van der Waals surface area contributed by atoms with Crippen LogP contribution in [0.4, 0.5) is 0 Å². The van der Waals surface area contributed by atoms with Gasteiger partial charge in [0.1, 0.15) is 0 Å². The Hall–Kier alpha value is -0.600. The number of unbranched alkanes of at least 4 members (excludes halogenated alkanes) is 27. The molecule has 298 valence electrons. The van der Waals surface area contributed by atoms with E-state index in [0.717, 1.165) is 0 Å². The van der Waals surface area contributed by atoms with E-state index in [0.29, 0.717) is 0 Å². The molecule has 0 unspecified atom stereocenters. The van der Waals surface area contributed by atoms with Gasteiger partial charge in [-0.25, -0.2) is 0 Å². The molecule has 0 radical (unpaired) electrons. The molecule has 0 saturated heterocycles. The van der Waals surface area contributed by atoms with Crippen LogP contribution in [0.1, 0.15) is 246 Å². The first-order chi connectivity index (χ1) is 24.8. The molecule has 0 N–H and O–H groups in total. The van der Waals surface area contributed by atoms with Crippen molar-refractivity contribution in [3.8, 4) is 0 Å². The zero-order valence-electron chi connectivity index (χ0n) is 35.5. The second-order valence-electron chi connectivity index (χ2n) is 16.0. The van der Waals surface area contributed by atoms with E-state index in [9.17, 15) is 0 Å². The average Bonchev–Trinajstić information content (AvgIpc) is 3.13. The quantitative estimate of drug-likeness (QED) is 0.0461. The lowest BCUT2D eigenvalue weighted by molar-refractivity contribution is 0.231. The highest BCUT2D eigenvalue weighted by Crippen LogP contribution is 2.13. The first-order valence-electron chi connectivity index (χ1n) is 23.5. The van der Waals surface area contributed by atoms with Crippen molar-refractivity contribution < 1.29 is 0 Å². The summed E-state index contributed by atoms with van der Waals surface area (Å²) in [5.74, 6) is 0. The average molecular weight is 701 g/mol. The molecule has 0 aromatic rings. The van der Waals surface area contributed by atoms with Crippen molar-refractivity contribution in [3.63, 3.8) is 0 Å². The first-order valence-corrected chi connectivity index (χ1v) is 23.5. The Morgan fingerprint density at radius 1 is 0.220 bits per heavy atom. The lowest BCUT2D eigenvalue weighted by Gasteiger charge is -2.25. The monoisotopic (exact) mass is 701 g/mol. The van der Waals surface area contributed by atoms with Gasteiger partial charge in [-0.2, -0.15) is 0 Å². The molecule has 2 nitrogen and oxygen atoms in total. The number of allylic oxidation sites excluding steroid dienone is 4. The number of hydrogen-bond acceptors (Lipinski definition) is 2. The van der Waals surface area contributed by atoms with Gasteiger partial charge >= 0.3 is 0 Å². The Morgan fingerprint density at radius 2 is 0.420 bits per heavy atom. The Bertz CT molecular complexity index is 599. The van der Waals surface area contributed by atoms with E-state index in [2.05, 4.69) is 61.8 Å². The van der Waals surface area contributed by atoms with Crippen LogP contribution in [-0.2, 0) is 0 Å². The SMILES string of the molecule is CCCCCCCCC=CCCCCCCCCN(CCCC)CCCCN(CCCC)CCCCCCCCC=CCCCCCCCC. The van der Waals surface area contributed by atoms with E-state index in [1.807, 2.05) is 0 Å². The molecule has 0 rings (SSSR count). The summed E-state index contributed by atoms with van der Waals surface area (Å²) >= 11 is 0. The third kappa shape index (κ3) is 40.2. The molecule has 50 heavy (non-hydrogen) atoms. The highest BCUT2D eigenvalue weighted by atomic mass is 15.1. The van der Waals surface area contributed by atoms with Crippen LogP contribution in [0, 0.1) is 0 Å². The summed E-state index contributed by atoms with van der Waals surface area (Å²) in [6, 6.07) is 0. The summed E-state index contributed by atoms with van der Waals surface area (Å²) in [5, 5.41) is 0. The highest BCUT2D eigenvalue weighted by molar-refractivity contribution is 4.82. The van der Waals surface area contributed by atoms with Gasteiger partial charge < -0.3 is 9.80 Å². The third-order valence-corrected chi connectivity index (χ3v) is 10.8. The Balaban J connectivity index is 3.88. The predicted octanol–water partition coefficient (Wildman–Crippen LogP) is 16.0. The minimum absolute atomic E-state index is 1.30. The molecule has 0 bridgehead atoms. The molecular formula is C48H96N2. The smallest absolute Gasteiger partial charge is 0.00183 e. The fourth-order valence-corrected chi connectivity index (χ4v) is 7.27. The van der Waals surface area contributed by atoms with Crippen LogP contribution in [0.15, 0.2) is 24.3 Å². The molecule has 2 heteroatoms. The molecule has 0 saturated carbocycles. The fourth-order valence-electron chi connectivity index (χ4n) is 7.27. The summed E-state index contributed by atoms with van der Waals surface area (Å²) in [6.45, 7) is 17.2. The van der Waals surface area contributed by atoms with Gasteiger partial charge in [-0.05, 0) is 129 Å². The van der Waals surface area contributed by atoms with Crippen molar-refractivity contribution in [1.82, 2.24) is 9.80 Å². The van der Waals surface area contributed by atoms with E-state index < -0.39 is 0 Å². The van der Waals surface area contributed by atoms with Crippen LogP contribution in [0.2, 0.25) is 0 Å². The Labute approximate surface area is 318 Å². The number of hydrogen-bond donors (Lipinski definition) is 0. The second kappa shape index (κ2) is 44.6. The first kappa shape index (κ1) is 49.4. The molecule has 0 aliphatic rings. The van der Waals surface area contributed by atoms with Crippen molar-refractivity contribution in [2.45, 2.75) is 246 Å². The van der Waals surface area contributed by atoms with Crippen LogP contribution >= 0.6 is 0 Å². The van der Waals surface area contributed by atoms with Gasteiger partial charge in [-0.1, -0.05) is 180 Å². The van der Waals surface area contributed by atoms with Crippen LogP contribution in [0.25, 0.3) is 0 Å². The van der Waals surface area contributed by atoms with Crippen molar-refractivity contribution in [1.29, 1.82) is 0 Å². The molecular weight excluding hydrogens is 605 g/mol. The summed E-state index contributed by atoms with van der Waals surface area (Å²) in [6.07, 6.45) is 57.2. The molecule has 0 spiro atoms. The Morgan fingerprint density at radius 3 is 0.700 bits per heavy atom. The number of nitrogens with zero attached hydrogens (tertiary/aromatic N) is 2. The molecule has 0 aromatic carbocycles. The minimum Gasteiger partial charge on any atom is -0.303 e. The highest BCUT2D eigenvalue weighted by Gasteiger charge is 2.07. The zero-order valence-corrected chi connectivity index (χ0v) is 35.5. The molecule has 0 aliphatic heterocycles. The largest absolute Gasteiger partial charge is 0.303 e. The van der Waals surface area contributed by atoms with Gasteiger partial charge in [0.15, 0.2) is 0 Å². The van der Waals surface area contributed by atoms with Crippen molar-refractivity contribution in [3.05, 3.63) is 24.3 Å². The molecule has 0 amide bonds. The van der Waals surface area contributed by atoms with E-state index in [1.54, 1.807) is 0 Å². The van der Waals surface area contributed by atoms with Gasteiger partial charge in [0.05, 0.1) is 0 Å². The summed E-state index contributed by atoms with van der Waals surface area (Å²) in [4.78, 5) is 5.61. The fraction of sp³-hybridized carbons (Fsp3) is 0.917. The van der Waals surface area contributed by atoms with Gasteiger partial charge in [0.25, 0.3) is 0 Å². The standard InChI is InChI=1S/C48H96N2/c1-5-9-13-15-17-19-21-23-25-27-29-31-33-35-37-39-45-49(43-11-7-3)47-41-42-48-50(44-12-8-4)46-40-38-36-34-32-30-28-26-24-22-20-18-16-14-10-6-2/h23-26H,5-22,27-48H2,1-4H3. The maximum Gasteiger partial charge on any atom is -0.00183 e. The summed E-state index contributed by atoms with van der Waals surface area (Å²) < 4.78 is 0. The summed E-state index contributed by atoms with van der Waals surface area (Å²) in [7, 11) is 0. The van der Waals surface area contributed by atoms with E-state index >= 15 is 0 Å². The topological polar surface area (TPSA) is 6.48 Å². The third-order valence-electron chi connectivity index (χ3n) is 10.8. The molecule has 0 atom stereocenters. The van der Waals surface area contributed by atoms with Crippen LogP contribution < -0.4 is 0 Å². The molecule has 0 aromatic heterocycles. The number of rotatable bonds is 43. The lowest BCUT2D eigenvalue weighted by Crippen LogP contribution is -2.30. The maximum absolute atomic E-state index is 2.81. The van der Waals surface area contributed by atoms with E-state index in [1.165, 1.54) is 258 Å². The van der Waals surface area contributed by atoms with Gasteiger partial charge in [0, 0.05) is 0 Å². The minimum atomic E-state index is 1.30. The van der Waals surface area contributed by atoms with Crippen molar-refractivity contribution >= 4 is 0 Å². The van der Waals surface area contributed by atoms with Gasteiger partial charge in [0.2, 0.25) is 0 Å². The van der Waals surface area contributed by atoms with Gasteiger partial charge in [-0.15, -0.1) is 0 Å². The molecule has 0 fully saturated rings. The molecule has 0 aliphatic carbocycles. The summed E-state index contributed by atoms with van der Waals surface area (Å²) in [5.41, 5.74) is 0. The van der Waals surface area contributed by atoms with Gasteiger partial charge in [-0.3, -0.25) is 0 Å². The predicted molar refractivity (Wildman–Crippen MR) is 231 cm³/mol. The maximum atomic E-state index is 2.81. The van der Waals surface area contributed by atoms with Crippen LogP contribution in [-0.4, -0.2) is 49.1 Å². The zero-order chi connectivity index (χ0) is 36.3. The lowest BCUT2D eigenvalue weighted by atomic mass is 10.1. The van der Waals surface area contributed by atoms with E-state index in [-0.39, 0.29) is 0 Å². The Kier molecular flexibility index (Phi) is 44.0. The second-order valence-corrected chi connectivity index (χ2v) is 16.0. The van der Waals surface area contributed by atoms with E-state index in [4.69, 9.17) is 0 Å².